The van der Waals surface area contributed by atoms with Gasteiger partial charge in [0.2, 0.25) is 0 Å². The normalized spacial score (nSPS) is 18.2. The van der Waals surface area contributed by atoms with Gasteiger partial charge in [0, 0.05) is 11.0 Å². The molecule has 3 nitrogen and oxygen atoms in total. The number of carbonyl (C=O) groups excluding carboxylic acids is 1. The summed E-state index contributed by atoms with van der Waals surface area (Å²) in [5.41, 5.74) is 5.94. The predicted molar refractivity (Wildman–Crippen MR) is 76.8 cm³/mol. The Morgan fingerprint density at radius 1 is 1.61 bits per heavy atom. The van der Waals surface area contributed by atoms with Crippen molar-refractivity contribution in [3.05, 3.63) is 33.3 Å². The summed E-state index contributed by atoms with van der Waals surface area (Å²) in [7, 11) is 0. The topological polar surface area (TPSA) is 55.1 Å². The van der Waals surface area contributed by atoms with Gasteiger partial charge in [-0.3, -0.25) is 4.79 Å². The Labute approximate surface area is 120 Å². The zero-order valence-corrected chi connectivity index (χ0v) is 12.5. The summed E-state index contributed by atoms with van der Waals surface area (Å²) in [6, 6.07) is 5.23. The smallest absolute Gasteiger partial charge is 0.253 e. The van der Waals surface area contributed by atoms with Crippen LogP contribution in [0.5, 0.6) is 0 Å². The quantitative estimate of drug-likeness (QED) is 0.891. The van der Waals surface area contributed by atoms with Crippen LogP contribution in [-0.4, -0.2) is 18.0 Å². The van der Waals surface area contributed by atoms with Gasteiger partial charge in [-0.1, -0.05) is 27.5 Å². The number of rotatable bonds is 4. The maximum Gasteiger partial charge on any atom is 0.253 e. The fraction of sp³-hybridized carbons (Fsp3) is 0.462. The van der Waals surface area contributed by atoms with Gasteiger partial charge >= 0.3 is 0 Å². The molecule has 3 N–H and O–H groups in total. The van der Waals surface area contributed by atoms with Gasteiger partial charge in [0.1, 0.15) is 0 Å². The van der Waals surface area contributed by atoms with Gasteiger partial charge in [-0.2, -0.15) is 0 Å². The molecular formula is C13H16BrClN2O. The second kappa shape index (κ2) is 5.19. The van der Waals surface area contributed by atoms with Gasteiger partial charge in [0.25, 0.3) is 5.91 Å². The Morgan fingerprint density at radius 3 is 2.78 bits per heavy atom. The highest BCUT2D eigenvalue weighted by Gasteiger charge is 2.41. The number of nitrogens with one attached hydrogen (secondary N) is 1. The number of amides is 1. The molecule has 98 valence electrons. The fourth-order valence-corrected chi connectivity index (χ4v) is 2.80. The Hall–Kier alpha value is -0.580. The maximum atomic E-state index is 12.2. The Balaban J connectivity index is 2.16. The van der Waals surface area contributed by atoms with E-state index in [-0.39, 0.29) is 11.4 Å². The van der Waals surface area contributed by atoms with Crippen molar-refractivity contribution >= 4 is 33.4 Å². The highest BCUT2D eigenvalue weighted by Crippen LogP contribution is 2.39. The molecule has 1 fully saturated rings. The second-order valence-electron chi connectivity index (χ2n) is 4.97. The summed E-state index contributed by atoms with van der Waals surface area (Å²) >= 11 is 9.39. The van der Waals surface area contributed by atoms with Gasteiger partial charge in [-0.05, 0) is 43.9 Å². The SMILES string of the molecule is CC(CN)(NC(=O)c1ccc(Br)cc1Cl)C1CC1. The van der Waals surface area contributed by atoms with E-state index in [2.05, 4.69) is 21.2 Å². The van der Waals surface area contributed by atoms with E-state index in [9.17, 15) is 4.79 Å². The highest BCUT2D eigenvalue weighted by atomic mass is 79.9. The molecule has 0 aromatic heterocycles. The first-order valence-corrected chi connectivity index (χ1v) is 7.11. The molecular weight excluding hydrogens is 316 g/mol. The Bertz CT molecular complexity index is 476. The highest BCUT2D eigenvalue weighted by molar-refractivity contribution is 9.10. The van der Waals surface area contributed by atoms with E-state index in [0.29, 0.717) is 23.0 Å². The van der Waals surface area contributed by atoms with Crippen LogP contribution < -0.4 is 11.1 Å². The standard InChI is InChI=1S/C13H16BrClN2O/c1-13(7-16,8-2-3-8)17-12(18)10-5-4-9(14)6-11(10)15/h4-6,8H,2-3,7,16H2,1H3,(H,17,18). The van der Waals surface area contributed by atoms with Crippen molar-refractivity contribution in [3.63, 3.8) is 0 Å². The Kier molecular flexibility index (Phi) is 3.99. The number of hydrogen-bond acceptors (Lipinski definition) is 2. The number of hydrogen-bond donors (Lipinski definition) is 2. The third-order valence-corrected chi connectivity index (χ3v) is 4.28. The third-order valence-electron chi connectivity index (χ3n) is 3.48. The molecule has 1 aromatic rings. The van der Waals surface area contributed by atoms with Crippen LogP contribution in [0, 0.1) is 5.92 Å². The first kappa shape index (κ1) is 13.8. The van der Waals surface area contributed by atoms with Crippen molar-refractivity contribution in [1.82, 2.24) is 5.32 Å². The van der Waals surface area contributed by atoms with Crippen LogP contribution in [0.25, 0.3) is 0 Å². The lowest BCUT2D eigenvalue weighted by molar-refractivity contribution is 0.0898. The van der Waals surface area contributed by atoms with E-state index in [1.807, 2.05) is 6.92 Å². The van der Waals surface area contributed by atoms with Crippen LogP contribution in [0.2, 0.25) is 5.02 Å². The van der Waals surface area contributed by atoms with Crippen LogP contribution in [-0.2, 0) is 0 Å². The zero-order valence-electron chi connectivity index (χ0n) is 10.2. The summed E-state index contributed by atoms with van der Waals surface area (Å²) in [5.74, 6) is 0.327. The largest absolute Gasteiger partial charge is 0.345 e. The molecule has 1 atom stereocenters. The first-order valence-electron chi connectivity index (χ1n) is 5.94. The first-order chi connectivity index (χ1) is 8.46. The molecule has 1 amide bonds. The van der Waals surface area contributed by atoms with Crippen LogP contribution in [0.3, 0.4) is 0 Å². The summed E-state index contributed by atoms with van der Waals surface area (Å²) in [6.07, 6.45) is 2.25. The molecule has 0 radical (unpaired) electrons. The van der Waals surface area contributed by atoms with Gasteiger partial charge < -0.3 is 11.1 Å². The lowest BCUT2D eigenvalue weighted by atomic mass is 9.95. The monoisotopic (exact) mass is 330 g/mol. The zero-order chi connectivity index (χ0) is 13.3. The molecule has 2 rings (SSSR count). The Morgan fingerprint density at radius 2 is 2.28 bits per heavy atom. The van der Waals surface area contributed by atoms with Gasteiger partial charge in [-0.25, -0.2) is 0 Å². The molecule has 1 saturated carbocycles. The van der Waals surface area contributed by atoms with E-state index in [0.717, 1.165) is 17.3 Å². The summed E-state index contributed by atoms with van der Waals surface area (Å²) in [4.78, 5) is 12.2. The van der Waals surface area contributed by atoms with Gasteiger partial charge in [-0.15, -0.1) is 0 Å². The minimum atomic E-state index is -0.326. The molecule has 1 aliphatic rings. The van der Waals surface area contributed by atoms with E-state index in [1.165, 1.54) is 0 Å². The predicted octanol–water partition coefficient (Wildman–Crippen LogP) is 2.96. The fourth-order valence-electron chi connectivity index (χ4n) is 2.04. The summed E-state index contributed by atoms with van der Waals surface area (Å²) in [6.45, 7) is 2.44. The molecule has 1 aromatic carbocycles. The molecule has 1 aliphatic carbocycles. The van der Waals surface area contributed by atoms with Crippen molar-refractivity contribution in [2.45, 2.75) is 25.3 Å². The van der Waals surface area contributed by atoms with E-state index in [4.69, 9.17) is 17.3 Å². The van der Waals surface area contributed by atoms with E-state index < -0.39 is 0 Å². The van der Waals surface area contributed by atoms with Gasteiger partial charge in [0.05, 0.1) is 16.1 Å². The average molecular weight is 332 g/mol. The van der Waals surface area contributed by atoms with Crippen LogP contribution in [0.1, 0.15) is 30.1 Å². The number of halogens is 2. The van der Waals surface area contributed by atoms with Crippen molar-refractivity contribution in [3.8, 4) is 0 Å². The molecule has 18 heavy (non-hydrogen) atoms. The molecule has 1 unspecified atom stereocenters. The second-order valence-corrected chi connectivity index (χ2v) is 6.30. The van der Waals surface area contributed by atoms with Crippen molar-refractivity contribution in [1.29, 1.82) is 0 Å². The minimum Gasteiger partial charge on any atom is -0.345 e. The lowest BCUT2D eigenvalue weighted by Crippen LogP contribution is -2.53. The molecule has 0 saturated heterocycles. The molecule has 0 heterocycles. The van der Waals surface area contributed by atoms with E-state index in [1.54, 1.807) is 18.2 Å². The number of nitrogens with two attached hydrogens (primary N) is 1. The molecule has 0 bridgehead atoms. The lowest BCUT2D eigenvalue weighted by Gasteiger charge is -2.29. The van der Waals surface area contributed by atoms with Crippen LogP contribution >= 0.6 is 27.5 Å². The average Bonchev–Trinajstić information content (AvgIpc) is 3.12. The maximum absolute atomic E-state index is 12.2. The number of carbonyl (C=O) groups is 1. The molecule has 0 spiro atoms. The molecule has 0 aliphatic heterocycles. The minimum absolute atomic E-state index is 0.160. The number of benzene rings is 1. The summed E-state index contributed by atoms with van der Waals surface area (Å²) < 4.78 is 0.854. The molecule has 5 heteroatoms. The van der Waals surface area contributed by atoms with Crippen molar-refractivity contribution in [2.24, 2.45) is 11.7 Å². The van der Waals surface area contributed by atoms with Crippen LogP contribution in [0.15, 0.2) is 22.7 Å². The summed E-state index contributed by atoms with van der Waals surface area (Å²) in [5, 5.41) is 3.46. The third kappa shape index (κ3) is 2.87. The van der Waals surface area contributed by atoms with Crippen molar-refractivity contribution < 1.29 is 4.79 Å². The van der Waals surface area contributed by atoms with E-state index >= 15 is 0 Å². The van der Waals surface area contributed by atoms with Crippen LogP contribution in [0.4, 0.5) is 0 Å². The van der Waals surface area contributed by atoms with Crippen molar-refractivity contribution in [2.75, 3.05) is 6.54 Å². The van der Waals surface area contributed by atoms with Gasteiger partial charge in [0.15, 0.2) is 0 Å².